The lowest BCUT2D eigenvalue weighted by Crippen LogP contribution is -2.45. The summed E-state index contributed by atoms with van der Waals surface area (Å²) in [6.45, 7) is 5.02. The van der Waals surface area contributed by atoms with Gasteiger partial charge in [0.1, 0.15) is 6.10 Å². The molecule has 1 N–H and O–H groups in total. The summed E-state index contributed by atoms with van der Waals surface area (Å²) in [5.41, 5.74) is 4.08. The van der Waals surface area contributed by atoms with Crippen LogP contribution in [0.5, 0.6) is 0 Å². The molecular weight excluding hydrogens is 434 g/mol. The smallest absolute Gasteiger partial charge is 0.306 e. The first kappa shape index (κ1) is 25.3. The Hall–Kier alpha value is -1.34. The SMILES string of the molecule is C[C@]12CCC3=C(CCC4C[C@@H](O)CC[C@]34C)[C@@H]1CC[C@@H]2[C@H](CC#N)CCC(=O)OC1CCCCC1. The number of nitrogens with zero attached hydrogens (tertiary/aromatic N) is 1. The van der Waals surface area contributed by atoms with Crippen LogP contribution in [-0.4, -0.2) is 23.3 Å². The molecule has 0 spiro atoms. The van der Waals surface area contributed by atoms with Crippen molar-refractivity contribution >= 4 is 5.97 Å². The third-order valence-corrected chi connectivity index (χ3v) is 11.5. The summed E-state index contributed by atoms with van der Waals surface area (Å²) in [5.74, 6) is 2.08. The van der Waals surface area contributed by atoms with Crippen LogP contribution in [0.4, 0.5) is 0 Å². The molecule has 5 aliphatic rings. The number of nitriles is 1. The molecule has 3 fully saturated rings. The highest BCUT2D eigenvalue weighted by Gasteiger charge is 2.56. The number of esters is 1. The maximum atomic E-state index is 12.6. The van der Waals surface area contributed by atoms with Crippen LogP contribution in [-0.2, 0) is 9.53 Å². The molecule has 7 atom stereocenters. The second-order valence-electron chi connectivity index (χ2n) is 13.2. The molecule has 4 nitrogen and oxygen atoms in total. The highest BCUT2D eigenvalue weighted by Crippen LogP contribution is 2.66. The highest BCUT2D eigenvalue weighted by molar-refractivity contribution is 5.69. The van der Waals surface area contributed by atoms with Crippen LogP contribution in [0.15, 0.2) is 11.1 Å². The van der Waals surface area contributed by atoms with Crippen LogP contribution in [0.3, 0.4) is 0 Å². The number of fused-ring (bicyclic) bond motifs is 4. The van der Waals surface area contributed by atoms with Crippen molar-refractivity contribution < 1.29 is 14.6 Å². The molecule has 1 unspecified atom stereocenters. The van der Waals surface area contributed by atoms with Gasteiger partial charge in [-0.3, -0.25) is 4.79 Å². The van der Waals surface area contributed by atoms with Crippen LogP contribution in [0.25, 0.3) is 0 Å². The minimum atomic E-state index is -0.100. The summed E-state index contributed by atoms with van der Waals surface area (Å²) in [5, 5.41) is 20.0. The van der Waals surface area contributed by atoms with Gasteiger partial charge in [-0.15, -0.1) is 0 Å². The van der Waals surface area contributed by atoms with Crippen molar-refractivity contribution in [1.82, 2.24) is 0 Å². The minimum Gasteiger partial charge on any atom is -0.462 e. The Morgan fingerprint density at radius 3 is 2.66 bits per heavy atom. The predicted octanol–water partition coefficient (Wildman–Crippen LogP) is 7.26. The first-order chi connectivity index (χ1) is 16.8. The van der Waals surface area contributed by atoms with E-state index in [1.54, 1.807) is 11.1 Å². The summed E-state index contributed by atoms with van der Waals surface area (Å²) >= 11 is 0. The maximum Gasteiger partial charge on any atom is 0.306 e. The molecule has 4 heteroatoms. The molecular formula is C31H47NO3. The zero-order valence-electron chi connectivity index (χ0n) is 22.2. The first-order valence-electron chi connectivity index (χ1n) is 14.8. The van der Waals surface area contributed by atoms with E-state index >= 15 is 0 Å². The fourth-order valence-corrected chi connectivity index (χ4v) is 9.55. The average Bonchev–Trinajstić information content (AvgIpc) is 3.20. The van der Waals surface area contributed by atoms with E-state index < -0.39 is 0 Å². The summed E-state index contributed by atoms with van der Waals surface area (Å²) in [6.07, 6.45) is 17.9. The fourth-order valence-electron chi connectivity index (χ4n) is 9.55. The molecule has 3 saturated carbocycles. The number of rotatable bonds is 6. The van der Waals surface area contributed by atoms with E-state index in [0.29, 0.717) is 41.9 Å². The van der Waals surface area contributed by atoms with E-state index in [1.165, 1.54) is 57.8 Å². The molecule has 5 rings (SSSR count). The molecule has 0 saturated heterocycles. The van der Waals surface area contributed by atoms with Gasteiger partial charge < -0.3 is 9.84 Å². The molecule has 35 heavy (non-hydrogen) atoms. The van der Waals surface area contributed by atoms with Gasteiger partial charge in [0.2, 0.25) is 0 Å². The first-order valence-corrected chi connectivity index (χ1v) is 14.8. The normalized spacial score (nSPS) is 40.3. The topological polar surface area (TPSA) is 70.3 Å². The molecule has 194 valence electrons. The molecule has 0 amide bonds. The van der Waals surface area contributed by atoms with Gasteiger partial charge in [0.25, 0.3) is 0 Å². The van der Waals surface area contributed by atoms with E-state index in [9.17, 15) is 15.2 Å². The van der Waals surface area contributed by atoms with Crippen molar-refractivity contribution in [2.75, 3.05) is 0 Å². The summed E-state index contributed by atoms with van der Waals surface area (Å²) in [6, 6.07) is 2.48. The quantitative estimate of drug-likeness (QED) is 0.320. The van der Waals surface area contributed by atoms with E-state index in [1.807, 2.05) is 0 Å². The van der Waals surface area contributed by atoms with Crippen molar-refractivity contribution in [3.05, 3.63) is 11.1 Å². The summed E-state index contributed by atoms with van der Waals surface area (Å²) < 4.78 is 5.81. The zero-order valence-corrected chi connectivity index (χ0v) is 22.2. The van der Waals surface area contributed by atoms with Crippen LogP contribution >= 0.6 is 0 Å². The van der Waals surface area contributed by atoms with Gasteiger partial charge in [-0.2, -0.15) is 5.26 Å². The molecule has 0 bridgehead atoms. The number of aliphatic hydroxyl groups is 1. The Morgan fingerprint density at radius 1 is 1.09 bits per heavy atom. The summed E-state index contributed by atoms with van der Waals surface area (Å²) in [7, 11) is 0. The molecule has 0 heterocycles. The molecule has 5 aliphatic carbocycles. The number of carbonyl (C=O) groups excluding carboxylic acids is 1. The Kier molecular flexibility index (Phi) is 7.38. The number of allylic oxidation sites excluding steroid dienone is 2. The molecule has 0 aliphatic heterocycles. The number of carbonyl (C=O) groups is 1. The van der Waals surface area contributed by atoms with Crippen molar-refractivity contribution in [2.24, 2.45) is 34.5 Å². The summed E-state index contributed by atoms with van der Waals surface area (Å²) in [4.78, 5) is 12.6. The standard InChI is InChI=1S/C31H47NO3/c1-30-17-14-23(33)20-22(30)9-10-25-27-12-11-26(31(27,2)18-15-28(25)30)21(16-19-32)8-13-29(34)35-24-6-4-3-5-7-24/h21-24,26-27,33H,3-18,20H2,1-2H3/t21-,22?,23-,26+,27-,30-,31+/m0/s1. The second kappa shape index (κ2) is 10.2. The average molecular weight is 482 g/mol. The third-order valence-electron chi connectivity index (χ3n) is 11.5. The molecule has 0 radical (unpaired) electrons. The fraction of sp³-hybridized carbons (Fsp3) is 0.871. The van der Waals surface area contributed by atoms with Gasteiger partial charge in [0.15, 0.2) is 0 Å². The van der Waals surface area contributed by atoms with Crippen molar-refractivity contribution in [3.63, 3.8) is 0 Å². The van der Waals surface area contributed by atoms with Gasteiger partial charge in [-0.25, -0.2) is 0 Å². The molecule has 0 aromatic heterocycles. The van der Waals surface area contributed by atoms with Gasteiger partial charge in [-0.05, 0) is 124 Å². The Morgan fingerprint density at radius 2 is 1.89 bits per heavy atom. The Bertz CT molecular complexity index is 867. The largest absolute Gasteiger partial charge is 0.462 e. The Labute approximate surface area is 212 Å². The zero-order chi connectivity index (χ0) is 24.6. The highest BCUT2D eigenvalue weighted by atomic mass is 16.5. The lowest BCUT2D eigenvalue weighted by atomic mass is 9.50. The van der Waals surface area contributed by atoms with Gasteiger partial charge >= 0.3 is 5.97 Å². The van der Waals surface area contributed by atoms with Gasteiger partial charge in [0.05, 0.1) is 12.2 Å². The number of hydrogen-bond acceptors (Lipinski definition) is 4. The Balaban J connectivity index is 1.28. The van der Waals surface area contributed by atoms with E-state index in [-0.39, 0.29) is 23.6 Å². The van der Waals surface area contributed by atoms with E-state index in [0.717, 1.165) is 38.5 Å². The third kappa shape index (κ3) is 4.72. The minimum absolute atomic E-state index is 0.0427. The lowest BCUT2D eigenvalue weighted by Gasteiger charge is -2.55. The number of hydrogen-bond donors (Lipinski definition) is 1. The number of ether oxygens (including phenoxy) is 1. The van der Waals surface area contributed by atoms with Gasteiger partial charge in [0, 0.05) is 12.8 Å². The molecule has 0 aromatic carbocycles. The maximum absolute atomic E-state index is 12.6. The van der Waals surface area contributed by atoms with Crippen molar-refractivity contribution in [2.45, 2.75) is 135 Å². The monoisotopic (exact) mass is 481 g/mol. The predicted molar refractivity (Wildman–Crippen MR) is 137 cm³/mol. The van der Waals surface area contributed by atoms with Crippen LogP contribution in [0.1, 0.15) is 123 Å². The van der Waals surface area contributed by atoms with Crippen LogP contribution in [0.2, 0.25) is 0 Å². The van der Waals surface area contributed by atoms with Crippen LogP contribution < -0.4 is 0 Å². The second-order valence-corrected chi connectivity index (χ2v) is 13.2. The number of aliphatic hydroxyl groups excluding tert-OH is 1. The van der Waals surface area contributed by atoms with Crippen molar-refractivity contribution in [1.29, 1.82) is 5.26 Å². The van der Waals surface area contributed by atoms with E-state index in [4.69, 9.17) is 4.74 Å². The van der Waals surface area contributed by atoms with Crippen molar-refractivity contribution in [3.8, 4) is 6.07 Å². The van der Waals surface area contributed by atoms with E-state index in [2.05, 4.69) is 19.9 Å². The van der Waals surface area contributed by atoms with Crippen LogP contribution in [0, 0.1) is 45.8 Å². The van der Waals surface area contributed by atoms with Gasteiger partial charge in [-0.1, -0.05) is 31.4 Å². The lowest BCUT2D eigenvalue weighted by molar-refractivity contribution is -0.151. The molecule has 0 aromatic rings.